The summed E-state index contributed by atoms with van der Waals surface area (Å²) < 4.78 is 5.15. The lowest BCUT2D eigenvalue weighted by Gasteiger charge is -2.12. The average molecular weight is 333 g/mol. The van der Waals surface area contributed by atoms with Gasteiger partial charge in [-0.15, -0.1) is 0 Å². The molecular weight excluding hydrogens is 314 g/mol. The monoisotopic (exact) mass is 333 g/mol. The lowest BCUT2D eigenvalue weighted by molar-refractivity contribution is 0.0475. The molecule has 0 bridgehead atoms. The van der Waals surface area contributed by atoms with Crippen LogP contribution in [0.1, 0.15) is 20.7 Å². The van der Waals surface area contributed by atoms with E-state index in [9.17, 15) is 9.59 Å². The van der Waals surface area contributed by atoms with Gasteiger partial charge in [0.1, 0.15) is 0 Å². The normalized spacial score (nSPS) is 10.5. The van der Waals surface area contributed by atoms with Crippen LogP contribution in [0.5, 0.6) is 0 Å². The van der Waals surface area contributed by atoms with E-state index in [1.54, 1.807) is 18.2 Å². The van der Waals surface area contributed by atoms with Crippen LogP contribution in [0.2, 0.25) is 0 Å². The van der Waals surface area contributed by atoms with Crippen LogP contribution in [-0.2, 0) is 4.74 Å². The summed E-state index contributed by atoms with van der Waals surface area (Å²) in [4.78, 5) is 26.3. The Bertz CT molecular complexity index is 914. The molecular formula is C21H19NO3. The molecule has 0 N–H and O–H groups in total. The molecule has 0 fully saturated rings. The quantitative estimate of drug-likeness (QED) is 0.524. The number of Topliss-reactive ketones (excluding diaryl/α,β-unsaturated/α-hetero) is 1. The van der Waals surface area contributed by atoms with E-state index in [4.69, 9.17) is 4.74 Å². The molecule has 126 valence electrons. The van der Waals surface area contributed by atoms with Gasteiger partial charge in [-0.05, 0) is 41.1 Å². The van der Waals surface area contributed by atoms with Crippen LogP contribution in [0.3, 0.4) is 0 Å². The van der Waals surface area contributed by atoms with Crippen molar-refractivity contribution in [2.24, 2.45) is 0 Å². The molecule has 0 saturated heterocycles. The van der Waals surface area contributed by atoms with E-state index in [0.717, 1.165) is 16.5 Å². The fourth-order valence-corrected chi connectivity index (χ4v) is 2.56. The number of nitrogens with zero attached hydrogens (tertiary/aromatic N) is 1. The summed E-state index contributed by atoms with van der Waals surface area (Å²) >= 11 is 0. The predicted octanol–water partition coefficient (Wildman–Crippen LogP) is 3.95. The smallest absolute Gasteiger partial charge is 0.338 e. The van der Waals surface area contributed by atoms with Crippen molar-refractivity contribution in [3.8, 4) is 0 Å². The van der Waals surface area contributed by atoms with E-state index in [1.165, 1.54) is 0 Å². The summed E-state index contributed by atoms with van der Waals surface area (Å²) in [6.07, 6.45) is 0. The van der Waals surface area contributed by atoms with Crippen molar-refractivity contribution >= 4 is 28.2 Å². The minimum atomic E-state index is -0.501. The first kappa shape index (κ1) is 16.7. The third-order valence-electron chi connectivity index (χ3n) is 4.03. The number of benzene rings is 3. The van der Waals surface area contributed by atoms with Crippen molar-refractivity contribution in [1.29, 1.82) is 0 Å². The van der Waals surface area contributed by atoms with Gasteiger partial charge in [0.05, 0.1) is 5.56 Å². The maximum atomic E-state index is 12.3. The zero-order chi connectivity index (χ0) is 17.8. The van der Waals surface area contributed by atoms with Gasteiger partial charge in [-0.3, -0.25) is 4.79 Å². The van der Waals surface area contributed by atoms with Crippen LogP contribution in [0.15, 0.2) is 66.7 Å². The third kappa shape index (κ3) is 3.86. The molecule has 0 heterocycles. The maximum absolute atomic E-state index is 12.3. The second kappa shape index (κ2) is 7.18. The molecule has 3 aromatic rings. The predicted molar refractivity (Wildman–Crippen MR) is 99.3 cm³/mol. The maximum Gasteiger partial charge on any atom is 0.338 e. The highest BCUT2D eigenvalue weighted by molar-refractivity contribution is 6.02. The number of esters is 1. The van der Waals surface area contributed by atoms with Crippen LogP contribution < -0.4 is 4.90 Å². The lowest BCUT2D eigenvalue weighted by Crippen LogP contribution is -2.14. The number of carbonyl (C=O) groups excluding carboxylic acids is 2. The Balaban J connectivity index is 1.65. The molecule has 4 nitrogen and oxygen atoms in total. The number of rotatable bonds is 5. The SMILES string of the molecule is CN(C)c1ccc(C(=O)OCC(=O)c2ccc3ccccc3c2)cc1. The molecule has 0 saturated carbocycles. The number of hydrogen-bond acceptors (Lipinski definition) is 4. The van der Waals surface area contributed by atoms with Crippen LogP contribution in [0.4, 0.5) is 5.69 Å². The Morgan fingerprint density at radius 1 is 0.840 bits per heavy atom. The third-order valence-corrected chi connectivity index (χ3v) is 4.03. The highest BCUT2D eigenvalue weighted by Crippen LogP contribution is 2.17. The van der Waals surface area contributed by atoms with Crippen molar-refractivity contribution in [1.82, 2.24) is 0 Å². The van der Waals surface area contributed by atoms with E-state index >= 15 is 0 Å². The van der Waals surface area contributed by atoms with Crippen LogP contribution in [0, 0.1) is 0 Å². The first-order valence-electron chi connectivity index (χ1n) is 8.01. The molecule has 0 amide bonds. The molecule has 0 aliphatic carbocycles. The first-order chi connectivity index (χ1) is 12.0. The van der Waals surface area contributed by atoms with Gasteiger partial charge >= 0.3 is 5.97 Å². The number of fused-ring (bicyclic) bond motifs is 1. The summed E-state index contributed by atoms with van der Waals surface area (Å²) in [5.74, 6) is -0.719. The van der Waals surface area contributed by atoms with Crippen LogP contribution in [-0.4, -0.2) is 32.5 Å². The zero-order valence-corrected chi connectivity index (χ0v) is 14.2. The van der Waals surface area contributed by atoms with Gasteiger partial charge in [0.15, 0.2) is 12.4 Å². The number of anilines is 1. The minimum Gasteiger partial charge on any atom is -0.454 e. The van der Waals surface area contributed by atoms with E-state index in [1.807, 2.05) is 67.5 Å². The van der Waals surface area contributed by atoms with Gasteiger partial charge in [-0.1, -0.05) is 36.4 Å². The standard InChI is InChI=1S/C21H19NO3/c1-22(2)19-11-9-16(10-12-19)21(24)25-14-20(23)18-8-7-15-5-3-4-6-17(15)13-18/h3-13H,14H2,1-2H3. The summed E-state index contributed by atoms with van der Waals surface area (Å²) in [5.41, 5.74) is 1.95. The number of hydrogen-bond donors (Lipinski definition) is 0. The second-order valence-corrected chi connectivity index (χ2v) is 6.00. The largest absolute Gasteiger partial charge is 0.454 e. The van der Waals surface area contributed by atoms with Crippen molar-refractivity contribution in [3.63, 3.8) is 0 Å². The van der Waals surface area contributed by atoms with Crippen molar-refractivity contribution in [3.05, 3.63) is 77.9 Å². The molecule has 4 heteroatoms. The average Bonchev–Trinajstić information content (AvgIpc) is 2.65. The Morgan fingerprint density at radius 3 is 2.16 bits per heavy atom. The van der Waals surface area contributed by atoms with E-state index in [-0.39, 0.29) is 12.4 Å². The molecule has 25 heavy (non-hydrogen) atoms. The highest BCUT2D eigenvalue weighted by atomic mass is 16.5. The number of ether oxygens (including phenoxy) is 1. The summed E-state index contributed by atoms with van der Waals surface area (Å²) in [5, 5.41) is 2.05. The van der Waals surface area contributed by atoms with Crippen LogP contribution in [0.25, 0.3) is 10.8 Å². The molecule has 0 aliphatic rings. The summed E-state index contributed by atoms with van der Waals surface area (Å²) in [7, 11) is 3.85. The number of carbonyl (C=O) groups is 2. The minimum absolute atomic E-state index is 0.219. The number of ketones is 1. The van der Waals surface area contributed by atoms with Gasteiger partial charge in [-0.25, -0.2) is 4.79 Å². The van der Waals surface area contributed by atoms with Gasteiger partial charge in [0, 0.05) is 25.3 Å². The molecule has 0 radical (unpaired) electrons. The van der Waals surface area contributed by atoms with Crippen molar-refractivity contribution < 1.29 is 14.3 Å². The Hall–Kier alpha value is -3.14. The molecule has 3 rings (SSSR count). The molecule has 0 unspecified atom stereocenters. The van der Waals surface area contributed by atoms with Crippen molar-refractivity contribution in [2.75, 3.05) is 25.6 Å². The topological polar surface area (TPSA) is 46.6 Å². The fourth-order valence-electron chi connectivity index (χ4n) is 2.56. The summed E-state index contributed by atoms with van der Waals surface area (Å²) in [6.45, 7) is -0.271. The van der Waals surface area contributed by atoms with E-state index in [0.29, 0.717) is 11.1 Å². The second-order valence-electron chi connectivity index (χ2n) is 6.00. The Kier molecular flexibility index (Phi) is 4.80. The van der Waals surface area contributed by atoms with E-state index < -0.39 is 5.97 Å². The van der Waals surface area contributed by atoms with Gasteiger partial charge in [0.2, 0.25) is 0 Å². The van der Waals surface area contributed by atoms with Crippen molar-refractivity contribution in [2.45, 2.75) is 0 Å². The van der Waals surface area contributed by atoms with Gasteiger partial charge in [-0.2, -0.15) is 0 Å². The highest BCUT2D eigenvalue weighted by Gasteiger charge is 2.12. The Morgan fingerprint density at radius 2 is 1.48 bits per heavy atom. The summed E-state index contributed by atoms with van der Waals surface area (Å²) in [6, 6.07) is 20.3. The van der Waals surface area contributed by atoms with Gasteiger partial charge in [0.25, 0.3) is 0 Å². The van der Waals surface area contributed by atoms with Crippen LogP contribution >= 0.6 is 0 Å². The first-order valence-corrected chi connectivity index (χ1v) is 8.01. The lowest BCUT2D eigenvalue weighted by atomic mass is 10.0. The Labute approximate surface area is 146 Å². The zero-order valence-electron chi connectivity index (χ0n) is 14.2. The molecule has 0 spiro atoms. The molecule has 0 aliphatic heterocycles. The van der Waals surface area contributed by atoms with E-state index in [2.05, 4.69) is 0 Å². The molecule has 3 aromatic carbocycles. The molecule has 0 aromatic heterocycles. The fraction of sp³-hybridized carbons (Fsp3) is 0.143. The molecule has 0 atom stereocenters. The van der Waals surface area contributed by atoms with Gasteiger partial charge < -0.3 is 9.64 Å².